The Morgan fingerprint density at radius 2 is 0.674 bits per heavy atom. The van der Waals surface area contributed by atoms with Crippen molar-refractivity contribution < 1.29 is 73.3 Å². The Morgan fingerprint density at radius 1 is 0.512 bits per heavy atom. The summed E-state index contributed by atoms with van der Waals surface area (Å²) in [5, 5.41) is 0. The molecule has 2 aromatic heterocycles. The van der Waals surface area contributed by atoms with E-state index in [1.54, 1.807) is 24.8 Å². The molecule has 0 fully saturated rings. The van der Waals surface area contributed by atoms with Gasteiger partial charge in [-0.15, -0.1) is 0 Å². The molecule has 0 unspecified atom stereocenters. The maximum Gasteiger partial charge on any atom is 2.00 e. The normalized spacial score (nSPS) is 10.8. The Labute approximate surface area is 269 Å². The predicted octanol–water partition coefficient (Wildman–Crippen LogP) is 6.78. The monoisotopic (exact) mass is 889 g/mol. The van der Waals surface area contributed by atoms with Gasteiger partial charge in [-0.2, -0.15) is 26.3 Å². The van der Waals surface area contributed by atoms with Gasteiger partial charge in [0.2, 0.25) is 0 Å². The van der Waals surface area contributed by atoms with Crippen molar-refractivity contribution in [1.29, 1.82) is 0 Å². The Balaban J connectivity index is -0.000000134. The van der Waals surface area contributed by atoms with E-state index in [1.807, 2.05) is 36.4 Å². The van der Waals surface area contributed by atoms with Gasteiger partial charge >= 0.3 is 32.1 Å². The summed E-state index contributed by atoms with van der Waals surface area (Å²) in [5.74, 6) is 0. The van der Waals surface area contributed by atoms with Crippen LogP contribution in [0.3, 0.4) is 0 Å². The van der Waals surface area contributed by atoms with Crippen molar-refractivity contribution in [2.75, 3.05) is 37.0 Å². The third-order valence-corrected chi connectivity index (χ3v) is 11.8. The third kappa shape index (κ3) is 37.3. The van der Waals surface area contributed by atoms with Crippen molar-refractivity contribution in [3.63, 3.8) is 0 Å². The van der Waals surface area contributed by atoms with E-state index in [0.717, 1.165) is 0 Å². The maximum atomic E-state index is 10.7. The molecule has 0 saturated heterocycles. The second-order valence-electron chi connectivity index (χ2n) is 7.47. The second-order valence-corrected chi connectivity index (χ2v) is 17.5. The minimum Gasteiger partial charge on any atom is -0.741 e. The number of hydrogen-bond donors (Lipinski definition) is 0. The summed E-state index contributed by atoms with van der Waals surface area (Å²) in [7, 11) is -11.9. The minimum atomic E-state index is -6.09. The molecule has 0 N–H and O–H groups in total. The zero-order valence-corrected chi connectivity index (χ0v) is 30.7. The average Bonchev–Trinajstić information content (AvgIpc) is 2.92. The van der Waals surface area contributed by atoms with Crippen LogP contribution in [0.5, 0.6) is 0 Å². The summed E-state index contributed by atoms with van der Waals surface area (Å²) in [6, 6.07) is 11.4. The molecule has 0 atom stereocenters. The van der Waals surface area contributed by atoms with Gasteiger partial charge in [0.15, 0.2) is 20.2 Å². The van der Waals surface area contributed by atoms with Gasteiger partial charge in [-0.25, -0.2) is 16.8 Å². The van der Waals surface area contributed by atoms with Crippen LogP contribution in [-0.4, -0.2) is 83.9 Å². The molecule has 8 nitrogen and oxygen atoms in total. The quantitative estimate of drug-likeness (QED) is 0.134. The first-order valence-corrected chi connectivity index (χ1v) is 19.7. The van der Waals surface area contributed by atoms with Gasteiger partial charge in [-0.3, -0.25) is 9.97 Å². The van der Waals surface area contributed by atoms with Crippen LogP contribution in [0, 0.1) is 0 Å². The minimum absolute atomic E-state index is 0. The standard InChI is InChI=1S/2C6H15P.2C5H5N.2CHF3O3S.Pt/c2*1-4-7(5-2)6-3;2*1-2-4-6-5-3-1;2*2-1(3,4)8(5,6)7;/h2*4-6H2,1-3H3;2*1-5H;2*(H,5,6,7);/q;;;;;;+2. The SMILES string of the molecule is CC[PH+](CC)CC.CC[PH+](CC)CC.O=S(=O)([O-])C(F)(F)F.O=S(=O)([O-])C(F)(F)F.[Pt+2].c1ccncc1.c1ccncc1. The molecule has 43 heavy (non-hydrogen) atoms. The zero-order chi connectivity index (χ0) is 33.9. The Morgan fingerprint density at radius 3 is 0.698 bits per heavy atom. The van der Waals surface area contributed by atoms with E-state index in [4.69, 9.17) is 25.9 Å². The predicted molar refractivity (Wildman–Crippen MR) is 160 cm³/mol. The van der Waals surface area contributed by atoms with Crippen molar-refractivity contribution in [1.82, 2.24) is 9.97 Å². The van der Waals surface area contributed by atoms with Crippen LogP contribution < -0.4 is 0 Å². The average molecular weight is 890 g/mol. The van der Waals surface area contributed by atoms with Gasteiger partial charge in [0, 0.05) is 24.8 Å². The van der Waals surface area contributed by atoms with E-state index < -0.39 is 31.3 Å². The Bertz CT molecular complexity index is 902. The molecule has 2 rings (SSSR count). The molecule has 0 bridgehead atoms. The fraction of sp³-hybridized carbons (Fsp3) is 0.583. The fourth-order valence-corrected chi connectivity index (χ4v) is 5.13. The van der Waals surface area contributed by atoms with Crippen molar-refractivity contribution in [2.45, 2.75) is 52.6 Å². The van der Waals surface area contributed by atoms with Crippen LogP contribution in [0.15, 0.2) is 61.2 Å². The van der Waals surface area contributed by atoms with E-state index >= 15 is 0 Å². The zero-order valence-electron chi connectivity index (χ0n) is 24.8. The van der Waals surface area contributed by atoms with E-state index in [1.165, 1.54) is 37.0 Å². The first kappa shape index (κ1) is 51.8. The fourth-order valence-electron chi connectivity index (χ4n) is 2.13. The molecule has 0 aliphatic carbocycles. The van der Waals surface area contributed by atoms with Gasteiger partial charge in [-0.05, 0) is 81.7 Å². The van der Waals surface area contributed by atoms with E-state index in [9.17, 15) is 26.3 Å². The van der Waals surface area contributed by atoms with E-state index in [-0.39, 0.29) is 36.9 Å². The molecular weight excluding hydrogens is 847 g/mol. The third-order valence-electron chi connectivity index (χ3n) is 4.70. The molecule has 0 aliphatic heterocycles. The molecule has 2 aromatic rings. The topological polar surface area (TPSA) is 140 Å². The molecule has 0 aliphatic rings. The molecule has 0 aromatic carbocycles. The van der Waals surface area contributed by atoms with E-state index in [2.05, 4.69) is 51.5 Å². The first-order valence-electron chi connectivity index (χ1n) is 12.6. The number of nitrogens with zero attached hydrogens (tertiary/aromatic N) is 2. The van der Waals surface area contributed by atoms with Crippen molar-refractivity contribution in [3.05, 3.63) is 61.2 Å². The number of halogens is 6. The Hall–Kier alpha value is -0.752. The van der Waals surface area contributed by atoms with Crippen LogP contribution in [0.25, 0.3) is 0 Å². The van der Waals surface area contributed by atoms with Crippen molar-refractivity contribution in [2.24, 2.45) is 0 Å². The molecule has 19 heteroatoms. The summed E-state index contributed by atoms with van der Waals surface area (Å²) in [6.45, 7) is 13.8. The number of aromatic nitrogens is 2. The summed E-state index contributed by atoms with van der Waals surface area (Å²) < 4.78 is 118. The van der Waals surface area contributed by atoms with Crippen LogP contribution in [0.1, 0.15) is 41.5 Å². The van der Waals surface area contributed by atoms with Gasteiger partial charge in [0.1, 0.15) is 0 Å². The number of rotatable bonds is 6. The smallest absolute Gasteiger partial charge is 0.741 e. The van der Waals surface area contributed by atoms with E-state index in [0.29, 0.717) is 0 Å². The molecule has 0 spiro atoms. The summed E-state index contributed by atoms with van der Waals surface area (Å²) in [6.07, 6.45) is 15.7. The molecule has 0 radical (unpaired) electrons. The van der Waals surface area contributed by atoms with Crippen molar-refractivity contribution >= 4 is 36.1 Å². The summed E-state index contributed by atoms with van der Waals surface area (Å²) in [5.41, 5.74) is -11.3. The molecule has 0 amide bonds. The van der Waals surface area contributed by atoms with Gasteiger partial charge in [0.25, 0.3) is 0 Å². The number of alkyl halides is 6. The number of pyridine rings is 2. The maximum absolute atomic E-state index is 10.7. The Kier molecular flexibility index (Phi) is 36.1. The van der Waals surface area contributed by atoms with Crippen molar-refractivity contribution in [3.8, 4) is 0 Å². The van der Waals surface area contributed by atoms with Crippen LogP contribution >= 0.6 is 15.8 Å². The molecule has 0 saturated carbocycles. The van der Waals surface area contributed by atoms with Gasteiger partial charge in [0.05, 0.1) is 37.0 Å². The van der Waals surface area contributed by atoms with Crippen LogP contribution in [0.2, 0.25) is 0 Å². The summed E-state index contributed by atoms with van der Waals surface area (Å²) >= 11 is 0. The summed E-state index contributed by atoms with van der Waals surface area (Å²) in [4.78, 5) is 7.57. The largest absolute Gasteiger partial charge is 2.00 e. The molecule has 256 valence electrons. The molecule has 2 heterocycles. The second kappa shape index (κ2) is 29.9. The number of hydrogen-bond acceptors (Lipinski definition) is 8. The van der Waals surface area contributed by atoms with Gasteiger partial charge < -0.3 is 9.11 Å². The van der Waals surface area contributed by atoms with Crippen LogP contribution in [-0.2, 0) is 41.3 Å². The first-order chi connectivity index (χ1) is 19.2. The molecular formula is C24H42F6N2O6P2PtS2+2. The van der Waals surface area contributed by atoms with Gasteiger partial charge in [-0.1, -0.05) is 12.1 Å². The van der Waals surface area contributed by atoms with Crippen LogP contribution in [0.4, 0.5) is 26.3 Å².